The Morgan fingerprint density at radius 2 is 1.94 bits per heavy atom. The molecule has 0 aliphatic rings. The molecule has 0 spiro atoms. The van der Waals surface area contributed by atoms with E-state index < -0.39 is 16.2 Å². The molecule has 0 aromatic carbocycles. The van der Waals surface area contributed by atoms with Crippen molar-refractivity contribution in [3.05, 3.63) is 43.2 Å². The summed E-state index contributed by atoms with van der Waals surface area (Å²) in [6.07, 6.45) is 1.02. The second-order valence-corrected chi connectivity index (χ2v) is 3.53. The zero-order valence-electron chi connectivity index (χ0n) is 9.08. The van der Waals surface area contributed by atoms with E-state index in [0.29, 0.717) is 0 Å². The fraction of sp³-hybridized carbons (Fsp3) is 0.222. The third kappa shape index (κ3) is 1.50. The third-order valence-corrected chi connectivity index (χ3v) is 2.49. The molecule has 0 fully saturated rings. The largest absolute Gasteiger partial charge is 0.332 e. The Labute approximate surface area is 93.9 Å². The number of aromatic nitrogens is 3. The average Bonchev–Trinajstić information content (AvgIpc) is 2.32. The lowest BCUT2D eigenvalue weighted by atomic mass is 10.3. The van der Waals surface area contributed by atoms with Crippen molar-refractivity contribution in [2.75, 3.05) is 0 Å². The number of fused-ring (bicyclic) bond motifs is 1. The predicted molar refractivity (Wildman–Crippen MR) is 58.9 cm³/mol. The molecule has 0 radical (unpaired) electrons. The predicted octanol–water partition coefficient (Wildman–Crippen LogP) is -0.460. The molecule has 17 heavy (non-hydrogen) atoms. The van der Waals surface area contributed by atoms with Crippen molar-refractivity contribution in [2.24, 2.45) is 14.1 Å². The summed E-state index contributed by atoms with van der Waals surface area (Å²) in [6, 6.07) is 1.12. The first kappa shape index (κ1) is 11.0. The van der Waals surface area contributed by atoms with E-state index in [2.05, 4.69) is 4.98 Å². The first-order valence-corrected chi connectivity index (χ1v) is 4.63. The van der Waals surface area contributed by atoms with Gasteiger partial charge in [0.05, 0.1) is 10.3 Å². The number of pyridine rings is 1. The molecule has 0 saturated carbocycles. The van der Waals surface area contributed by atoms with Gasteiger partial charge < -0.3 is 0 Å². The van der Waals surface area contributed by atoms with E-state index in [1.807, 2.05) is 0 Å². The number of nitrogens with zero attached hydrogens (tertiary/aromatic N) is 4. The van der Waals surface area contributed by atoms with Gasteiger partial charge in [0.2, 0.25) is 0 Å². The van der Waals surface area contributed by atoms with Crippen LogP contribution in [0.25, 0.3) is 11.0 Å². The molecule has 88 valence electrons. The smallest absolute Gasteiger partial charge is 0.280 e. The van der Waals surface area contributed by atoms with Crippen molar-refractivity contribution in [2.45, 2.75) is 0 Å². The molecule has 0 amide bonds. The topological polar surface area (TPSA) is 100 Å². The molecular formula is C9H8N4O4. The molecule has 2 aromatic rings. The van der Waals surface area contributed by atoms with E-state index in [0.717, 1.165) is 16.8 Å². The fourth-order valence-electron chi connectivity index (χ4n) is 1.55. The Bertz CT molecular complexity index is 743. The lowest BCUT2D eigenvalue weighted by Gasteiger charge is -2.05. The number of aryl methyl sites for hydroxylation is 1. The van der Waals surface area contributed by atoms with Crippen LogP contribution in [-0.2, 0) is 14.1 Å². The van der Waals surface area contributed by atoms with Gasteiger partial charge in [0.15, 0.2) is 0 Å². The van der Waals surface area contributed by atoms with Crippen LogP contribution in [0.2, 0.25) is 0 Å². The van der Waals surface area contributed by atoms with E-state index in [1.165, 1.54) is 18.7 Å². The van der Waals surface area contributed by atoms with Crippen LogP contribution in [-0.4, -0.2) is 19.0 Å². The zero-order chi connectivity index (χ0) is 12.7. The maximum atomic E-state index is 11.8. The molecule has 0 unspecified atom stereocenters. The monoisotopic (exact) mass is 236 g/mol. The average molecular weight is 236 g/mol. The van der Waals surface area contributed by atoms with Crippen molar-refractivity contribution in [3.8, 4) is 0 Å². The van der Waals surface area contributed by atoms with Crippen LogP contribution in [0.1, 0.15) is 0 Å². The van der Waals surface area contributed by atoms with Gasteiger partial charge in [-0.05, 0) is 0 Å². The van der Waals surface area contributed by atoms with Gasteiger partial charge >= 0.3 is 5.69 Å². The van der Waals surface area contributed by atoms with Crippen LogP contribution in [0.5, 0.6) is 0 Å². The lowest BCUT2D eigenvalue weighted by Crippen LogP contribution is -2.37. The Morgan fingerprint density at radius 1 is 1.29 bits per heavy atom. The summed E-state index contributed by atoms with van der Waals surface area (Å²) < 4.78 is 2.05. The van der Waals surface area contributed by atoms with Gasteiger partial charge in [-0.1, -0.05) is 0 Å². The van der Waals surface area contributed by atoms with Crippen LogP contribution < -0.4 is 11.2 Å². The Balaban J connectivity index is 3.02. The highest BCUT2D eigenvalue weighted by molar-refractivity contribution is 5.76. The third-order valence-electron chi connectivity index (χ3n) is 2.49. The van der Waals surface area contributed by atoms with Gasteiger partial charge in [0.1, 0.15) is 11.8 Å². The van der Waals surface area contributed by atoms with Crippen LogP contribution >= 0.6 is 0 Å². The maximum Gasteiger partial charge on any atom is 0.332 e. The SMILES string of the molecule is Cn1c(=O)c2cc([N+](=O)[O-])cnc2n(C)c1=O. The van der Waals surface area contributed by atoms with Gasteiger partial charge in [-0.3, -0.25) is 24.0 Å². The standard InChI is InChI=1S/C9H8N4O4/c1-11-7-6(8(14)12(2)9(11)15)3-5(4-10-7)13(16)17/h3-4H,1-2H3. The zero-order valence-corrected chi connectivity index (χ0v) is 9.08. The van der Waals surface area contributed by atoms with E-state index in [-0.39, 0.29) is 16.7 Å². The molecule has 2 heterocycles. The first-order valence-electron chi connectivity index (χ1n) is 4.63. The molecule has 2 rings (SSSR count). The summed E-state index contributed by atoms with van der Waals surface area (Å²) in [5.74, 6) is 0. The first-order chi connectivity index (χ1) is 7.93. The van der Waals surface area contributed by atoms with Crippen LogP contribution in [0.15, 0.2) is 21.9 Å². The summed E-state index contributed by atoms with van der Waals surface area (Å²) in [7, 11) is 2.76. The molecule has 0 bridgehead atoms. The number of rotatable bonds is 1. The van der Waals surface area contributed by atoms with Crippen molar-refractivity contribution in [1.82, 2.24) is 14.1 Å². The summed E-state index contributed by atoms with van der Waals surface area (Å²) in [5, 5.41) is 10.6. The molecule has 0 aliphatic heterocycles. The minimum absolute atomic E-state index is 0.0452. The van der Waals surface area contributed by atoms with Gasteiger partial charge in [0.25, 0.3) is 11.2 Å². The van der Waals surface area contributed by atoms with Crippen LogP contribution in [0.4, 0.5) is 5.69 Å². The van der Waals surface area contributed by atoms with Gasteiger partial charge in [-0.15, -0.1) is 0 Å². The van der Waals surface area contributed by atoms with E-state index in [9.17, 15) is 19.7 Å². The number of hydrogen-bond acceptors (Lipinski definition) is 5. The van der Waals surface area contributed by atoms with Crippen molar-refractivity contribution in [1.29, 1.82) is 0 Å². The van der Waals surface area contributed by atoms with Gasteiger partial charge in [-0.2, -0.15) is 0 Å². The van der Waals surface area contributed by atoms with Crippen molar-refractivity contribution in [3.63, 3.8) is 0 Å². The van der Waals surface area contributed by atoms with Crippen molar-refractivity contribution >= 4 is 16.7 Å². The summed E-state index contributed by atoms with van der Waals surface area (Å²) >= 11 is 0. The van der Waals surface area contributed by atoms with Crippen LogP contribution in [0.3, 0.4) is 0 Å². The normalized spacial score (nSPS) is 10.7. The second-order valence-electron chi connectivity index (χ2n) is 3.53. The fourth-order valence-corrected chi connectivity index (χ4v) is 1.55. The number of hydrogen-bond donors (Lipinski definition) is 0. The molecule has 0 saturated heterocycles. The highest BCUT2D eigenvalue weighted by Gasteiger charge is 2.14. The summed E-state index contributed by atoms with van der Waals surface area (Å²) in [6.45, 7) is 0. The van der Waals surface area contributed by atoms with E-state index >= 15 is 0 Å². The lowest BCUT2D eigenvalue weighted by molar-refractivity contribution is -0.385. The maximum absolute atomic E-state index is 11.8. The number of nitro groups is 1. The molecule has 0 atom stereocenters. The quantitative estimate of drug-likeness (QED) is 0.492. The van der Waals surface area contributed by atoms with Crippen LogP contribution in [0, 0.1) is 10.1 Å². The van der Waals surface area contributed by atoms with E-state index in [4.69, 9.17) is 0 Å². The van der Waals surface area contributed by atoms with Crippen molar-refractivity contribution < 1.29 is 4.92 Å². The minimum atomic E-state index is -0.642. The highest BCUT2D eigenvalue weighted by atomic mass is 16.6. The molecule has 8 nitrogen and oxygen atoms in total. The summed E-state index contributed by atoms with van der Waals surface area (Å²) in [5.41, 5.74) is -1.28. The Hall–Kier alpha value is -2.51. The Kier molecular flexibility index (Phi) is 2.27. The molecule has 8 heteroatoms. The van der Waals surface area contributed by atoms with Gasteiger partial charge in [0, 0.05) is 20.2 Å². The van der Waals surface area contributed by atoms with E-state index in [1.54, 1.807) is 0 Å². The molecule has 2 aromatic heterocycles. The molecule has 0 aliphatic carbocycles. The van der Waals surface area contributed by atoms with Gasteiger partial charge in [-0.25, -0.2) is 9.78 Å². The minimum Gasteiger partial charge on any atom is -0.280 e. The summed E-state index contributed by atoms with van der Waals surface area (Å²) in [4.78, 5) is 37.0. The Morgan fingerprint density at radius 3 is 2.53 bits per heavy atom. The molecule has 0 N–H and O–H groups in total. The molecular weight excluding hydrogens is 228 g/mol. The highest BCUT2D eigenvalue weighted by Crippen LogP contribution is 2.13. The second kappa shape index (κ2) is 3.51.